The Bertz CT molecular complexity index is 397. The molecule has 5 nitrogen and oxygen atoms in total. The summed E-state index contributed by atoms with van der Waals surface area (Å²) >= 11 is 6.11. The molecule has 1 saturated heterocycles. The lowest BCUT2D eigenvalue weighted by atomic mass is 10.2. The van der Waals surface area contributed by atoms with Crippen molar-refractivity contribution in [2.24, 2.45) is 0 Å². The van der Waals surface area contributed by atoms with Gasteiger partial charge in [0.2, 0.25) is 5.95 Å². The minimum absolute atomic E-state index is 0.273. The molecule has 0 aromatic carbocycles. The molecule has 0 radical (unpaired) electrons. The minimum Gasteiger partial charge on any atom is -0.368 e. The summed E-state index contributed by atoms with van der Waals surface area (Å²) in [5.74, 6) is 1.02. The molecule has 2 rings (SSSR count). The van der Waals surface area contributed by atoms with Crippen molar-refractivity contribution >= 4 is 23.4 Å². The maximum atomic E-state index is 6.11. The van der Waals surface area contributed by atoms with Crippen LogP contribution in [0.25, 0.3) is 0 Å². The number of nitrogen functional groups attached to an aromatic ring is 1. The van der Waals surface area contributed by atoms with E-state index in [1.165, 1.54) is 0 Å². The molecule has 1 aliphatic rings. The van der Waals surface area contributed by atoms with Gasteiger partial charge in [0.1, 0.15) is 5.02 Å². The SMILES string of the molecule is CCN1CCN(c2nc(N)ncc2Cl)CC1C. The molecule has 1 unspecified atom stereocenters. The molecule has 0 spiro atoms. The van der Waals surface area contributed by atoms with Crippen LogP contribution in [-0.4, -0.2) is 47.1 Å². The molecular formula is C11H18ClN5. The van der Waals surface area contributed by atoms with Crippen LogP contribution in [0.2, 0.25) is 5.02 Å². The lowest BCUT2D eigenvalue weighted by Gasteiger charge is -2.40. The first-order valence-corrected chi connectivity index (χ1v) is 6.26. The van der Waals surface area contributed by atoms with Crippen LogP contribution in [0.3, 0.4) is 0 Å². The maximum absolute atomic E-state index is 6.11. The van der Waals surface area contributed by atoms with Crippen LogP contribution >= 0.6 is 11.6 Å². The van der Waals surface area contributed by atoms with Crippen molar-refractivity contribution in [3.8, 4) is 0 Å². The minimum atomic E-state index is 0.273. The lowest BCUT2D eigenvalue weighted by molar-refractivity contribution is 0.199. The smallest absolute Gasteiger partial charge is 0.222 e. The van der Waals surface area contributed by atoms with Gasteiger partial charge in [-0.25, -0.2) is 4.98 Å². The van der Waals surface area contributed by atoms with Gasteiger partial charge in [0.25, 0.3) is 0 Å². The van der Waals surface area contributed by atoms with Crippen LogP contribution in [0.1, 0.15) is 13.8 Å². The van der Waals surface area contributed by atoms with Gasteiger partial charge in [-0.3, -0.25) is 4.90 Å². The zero-order valence-corrected chi connectivity index (χ0v) is 11.0. The number of hydrogen-bond acceptors (Lipinski definition) is 5. The van der Waals surface area contributed by atoms with Crippen molar-refractivity contribution in [3.05, 3.63) is 11.2 Å². The topological polar surface area (TPSA) is 58.3 Å². The van der Waals surface area contributed by atoms with Gasteiger partial charge in [0.15, 0.2) is 5.82 Å². The van der Waals surface area contributed by atoms with Gasteiger partial charge in [0, 0.05) is 25.7 Å². The van der Waals surface area contributed by atoms with Crippen molar-refractivity contribution in [2.75, 3.05) is 36.8 Å². The third-order valence-electron chi connectivity index (χ3n) is 3.22. The average molecular weight is 256 g/mol. The first-order chi connectivity index (χ1) is 8.11. The van der Waals surface area contributed by atoms with Crippen LogP contribution in [0.5, 0.6) is 0 Å². The fraction of sp³-hybridized carbons (Fsp3) is 0.636. The van der Waals surface area contributed by atoms with E-state index in [4.69, 9.17) is 17.3 Å². The summed E-state index contributed by atoms with van der Waals surface area (Å²) in [5.41, 5.74) is 5.60. The summed E-state index contributed by atoms with van der Waals surface area (Å²) in [6.45, 7) is 8.35. The number of likely N-dealkylation sites (N-methyl/N-ethyl adjacent to an activating group) is 1. The number of halogens is 1. The predicted octanol–water partition coefficient (Wildman–Crippen LogP) is 1.24. The molecule has 6 heteroatoms. The molecule has 1 aliphatic heterocycles. The van der Waals surface area contributed by atoms with Crippen molar-refractivity contribution in [1.29, 1.82) is 0 Å². The number of aromatic nitrogens is 2. The second-order valence-corrected chi connectivity index (χ2v) is 4.73. The van der Waals surface area contributed by atoms with Gasteiger partial charge >= 0.3 is 0 Å². The Hall–Kier alpha value is -1.07. The Balaban J connectivity index is 2.16. The Morgan fingerprint density at radius 3 is 2.94 bits per heavy atom. The summed E-state index contributed by atoms with van der Waals surface area (Å²) in [6.07, 6.45) is 1.57. The number of hydrogen-bond donors (Lipinski definition) is 1. The third kappa shape index (κ3) is 2.61. The second kappa shape index (κ2) is 5.06. The van der Waals surface area contributed by atoms with E-state index in [0.717, 1.165) is 32.0 Å². The first-order valence-electron chi connectivity index (χ1n) is 5.88. The van der Waals surface area contributed by atoms with Gasteiger partial charge < -0.3 is 10.6 Å². The Labute approximate surface area is 107 Å². The largest absolute Gasteiger partial charge is 0.368 e. The van der Waals surface area contributed by atoms with E-state index in [0.29, 0.717) is 11.1 Å². The van der Waals surface area contributed by atoms with Gasteiger partial charge in [-0.2, -0.15) is 4.98 Å². The van der Waals surface area contributed by atoms with Gasteiger partial charge in [-0.15, -0.1) is 0 Å². The monoisotopic (exact) mass is 255 g/mol. The molecule has 1 aromatic rings. The summed E-state index contributed by atoms with van der Waals surface area (Å²) in [6, 6.07) is 0.501. The Kier molecular flexibility index (Phi) is 3.69. The van der Waals surface area contributed by atoms with Crippen LogP contribution in [0.4, 0.5) is 11.8 Å². The molecular weight excluding hydrogens is 238 g/mol. The number of nitrogens with two attached hydrogens (primary N) is 1. The summed E-state index contributed by atoms with van der Waals surface area (Å²) in [4.78, 5) is 12.7. The highest BCUT2D eigenvalue weighted by Gasteiger charge is 2.24. The van der Waals surface area contributed by atoms with Gasteiger partial charge in [-0.05, 0) is 13.5 Å². The third-order valence-corrected chi connectivity index (χ3v) is 3.48. The normalized spacial score (nSPS) is 21.8. The summed E-state index contributed by atoms with van der Waals surface area (Å²) < 4.78 is 0. The van der Waals surface area contributed by atoms with Crippen LogP contribution < -0.4 is 10.6 Å². The summed E-state index contributed by atoms with van der Waals surface area (Å²) in [7, 11) is 0. The standard InChI is InChI=1S/C11H18ClN5/c1-3-16-4-5-17(7-8(16)2)10-9(12)6-14-11(13)15-10/h6,8H,3-5,7H2,1-2H3,(H2,13,14,15). The fourth-order valence-electron chi connectivity index (χ4n) is 2.25. The fourth-order valence-corrected chi connectivity index (χ4v) is 2.46. The van der Waals surface area contributed by atoms with E-state index in [-0.39, 0.29) is 5.95 Å². The first kappa shape index (κ1) is 12.4. The Morgan fingerprint density at radius 2 is 2.29 bits per heavy atom. The van der Waals surface area contributed by atoms with Crippen molar-refractivity contribution in [1.82, 2.24) is 14.9 Å². The van der Waals surface area contributed by atoms with Crippen LogP contribution in [-0.2, 0) is 0 Å². The Morgan fingerprint density at radius 1 is 1.53 bits per heavy atom. The maximum Gasteiger partial charge on any atom is 0.222 e. The molecule has 0 bridgehead atoms. The van der Waals surface area contributed by atoms with E-state index in [9.17, 15) is 0 Å². The molecule has 0 saturated carbocycles. The van der Waals surface area contributed by atoms with Crippen LogP contribution in [0, 0.1) is 0 Å². The van der Waals surface area contributed by atoms with E-state index in [2.05, 4.69) is 33.6 Å². The number of piperazine rings is 1. The molecule has 94 valence electrons. The van der Waals surface area contributed by atoms with E-state index < -0.39 is 0 Å². The van der Waals surface area contributed by atoms with Crippen molar-refractivity contribution in [3.63, 3.8) is 0 Å². The van der Waals surface area contributed by atoms with Gasteiger partial charge in [-0.1, -0.05) is 18.5 Å². The van der Waals surface area contributed by atoms with E-state index in [1.807, 2.05) is 0 Å². The van der Waals surface area contributed by atoms with Gasteiger partial charge in [0.05, 0.1) is 6.20 Å². The molecule has 0 aliphatic carbocycles. The van der Waals surface area contributed by atoms with E-state index in [1.54, 1.807) is 6.20 Å². The van der Waals surface area contributed by atoms with Crippen LogP contribution in [0.15, 0.2) is 6.20 Å². The number of rotatable bonds is 2. The summed E-state index contributed by atoms with van der Waals surface area (Å²) in [5, 5.41) is 0.566. The highest BCUT2D eigenvalue weighted by Crippen LogP contribution is 2.25. The predicted molar refractivity (Wildman–Crippen MR) is 70.4 cm³/mol. The molecule has 0 amide bonds. The molecule has 2 heterocycles. The molecule has 1 fully saturated rings. The highest BCUT2D eigenvalue weighted by molar-refractivity contribution is 6.32. The van der Waals surface area contributed by atoms with Crippen molar-refractivity contribution in [2.45, 2.75) is 19.9 Å². The molecule has 2 N–H and O–H groups in total. The lowest BCUT2D eigenvalue weighted by Crippen LogP contribution is -2.52. The zero-order valence-electron chi connectivity index (χ0n) is 10.2. The quantitative estimate of drug-likeness (QED) is 0.862. The number of anilines is 2. The van der Waals surface area contributed by atoms with E-state index >= 15 is 0 Å². The molecule has 1 aromatic heterocycles. The highest BCUT2D eigenvalue weighted by atomic mass is 35.5. The van der Waals surface area contributed by atoms with Crippen molar-refractivity contribution < 1.29 is 0 Å². The molecule has 17 heavy (non-hydrogen) atoms. The average Bonchev–Trinajstić information content (AvgIpc) is 2.32. The molecule has 1 atom stereocenters. The second-order valence-electron chi connectivity index (χ2n) is 4.32. The zero-order chi connectivity index (χ0) is 12.4. The number of nitrogens with zero attached hydrogens (tertiary/aromatic N) is 4.